The first-order valence-electron chi connectivity index (χ1n) is 6.06. The van der Waals surface area contributed by atoms with Crippen molar-refractivity contribution >= 4 is 11.6 Å². The summed E-state index contributed by atoms with van der Waals surface area (Å²) in [4.78, 5) is 0. The van der Waals surface area contributed by atoms with Crippen LogP contribution in [0.1, 0.15) is 24.1 Å². The highest BCUT2D eigenvalue weighted by Crippen LogP contribution is 2.25. The summed E-state index contributed by atoms with van der Waals surface area (Å²) < 4.78 is 0. The Bertz CT molecular complexity index is 555. The third-order valence-corrected chi connectivity index (χ3v) is 3.27. The lowest BCUT2D eigenvalue weighted by Crippen LogP contribution is -2.17. The molecular weight excluding hydrogens is 262 g/mol. The maximum absolute atomic E-state index is 9.42. The Hall–Kier alpha value is -1.71. The zero-order valence-corrected chi connectivity index (χ0v) is 11.4. The lowest BCUT2D eigenvalue weighted by molar-refractivity contribution is 0.402. The molecule has 3 N–H and O–H groups in total. The van der Waals surface area contributed by atoms with Gasteiger partial charge in [0.1, 0.15) is 0 Å². The van der Waals surface area contributed by atoms with Crippen LogP contribution in [0.15, 0.2) is 42.5 Å². The molecule has 0 aliphatic rings. The summed E-state index contributed by atoms with van der Waals surface area (Å²) in [6.45, 7) is 2.67. The van der Waals surface area contributed by atoms with E-state index in [1.54, 1.807) is 12.1 Å². The van der Waals surface area contributed by atoms with Crippen LogP contribution < -0.4 is 5.32 Å². The van der Waals surface area contributed by atoms with Gasteiger partial charge in [0.25, 0.3) is 0 Å². The van der Waals surface area contributed by atoms with Crippen LogP contribution in [0, 0.1) is 0 Å². The van der Waals surface area contributed by atoms with E-state index in [1.165, 1.54) is 6.07 Å². The molecule has 1 atom stereocenters. The SMILES string of the molecule is C[C@H](NCc1ccc(O)c(O)c1)c1ccc(Cl)cc1. The van der Waals surface area contributed by atoms with Gasteiger partial charge in [-0.3, -0.25) is 0 Å². The second-order valence-corrected chi connectivity index (χ2v) is 4.91. The molecule has 0 saturated carbocycles. The Morgan fingerprint density at radius 1 is 1.05 bits per heavy atom. The van der Waals surface area contributed by atoms with Gasteiger partial charge in [-0.15, -0.1) is 0 Å². The molecule has 0 aliphatic carbocycles. The molecule has 2 aromatic rings. The minimum absolute atomic E-state index is 0.0987. The van der Waals surface area contributed by atoms with Crippen LogP contribution in [0.25, 0.3) is 0 Å². The van der Waals surface area contributed by atoms with E-state index in [-0.39, 0.29) is 17.5 Å². The van der Waals surface area contributed by atoms with E-state index in [0.29, 0.717) is 6.54 Å². The Morgan fingerprint density at radius 2 is 1.74 bits per heavy atom. The van der Waals surface area contributed by atoms with Crippen molar-refractivity contribution in [1.82, 2.24) is 5.32 Å². The van der Waals surface area contributed by atoms with Crippen molar-refractivity contribution in [3.05, 3.63) is 58.6 Å². The number of hydrogen-bond acceptors (Lipinski definition) is 3. The molecule has 2 aromatic carbocycles. The van der Waals surface area contributed by atoms with Gasteiger partial charge in [-0.05, 0) is 42.3 Å². The average molecular weight is 278 g/mol. The van der Waals surface area contributed by atoms with Gasteiger partial charge in [0.05, 0.1) is 0 Å². The maximum Gasteiger partial charge on any atom is 0.157 e. The van der Waals surface area contributed by atoms with Crippen LogP contribution in [-0.4, -0.2) is 10.2 Å². The summed E-state index contributed by atoms with van der Waals surface area (Å²) in [5.74, 6) is -0.201. The fourth-order valence-electron chi connectivity index (χ4n) is 1.82. The fraction of sp³-hybridized carbons (Fsp3) is 0.200. The van der Waals surface area contributed by atoms with Crippen molar-refractivity contribution in [3.63, 3.8) is 0 Å². The minimum atomic E-state index is -0.102. The van der Waals surface area contributed by atoms with E-state index in [4.69, 9.17) is 11.6 Å². The first kappa shape index (κ1) is 13.7. The predicted octanol–water partition coefficient (Wildman–Crippen LogP) is 3.60. The molecule has 0 aromatic heterocycles. The van der Waals surface area contributed by atoms with Gasteiger partial charge in [-0.1, -0.05) is 29.8 Å². The fourth-order valence-corrected chi connectivity index (χ4v) is 1.95. The number of halogens is 1. The molecule has 0 saturated heterocycles. The van der Waals surface area contributed by atoms with E-state index in [0.717, 1.165) is 16.1 Å². The summed E-state index contributed by atoms with van der Waals surface area (Å²) in [6.07, 6.45) is 0. The molecule has 3 nitrogen and oxygen atoms in total. The van der Waals surface area contributed by atoms with Crippen LogP contribution in [0.3, 0.4) is 0 Å². The molecular formula is C15H16ClNO2. The van der Waals surface area contributed by atoms with Gasteiger partial charge in [-0.25, -0.2) is 0 Å². The monoisotopic (exact) mass is 277 g/mol. The summed E-state index contributed by atoms with van der Waals surface area (Å²) in [7, 11) is 0. The first-order valence-corrected chi connectivity index (χ1v) is 6.44. The van der Waals surface area contributed by atoms with Gasteiger partial charge in [0.2, 0.25) is 0 Å². The molecule has 4 heteroatoms. The molecule has 0 bridgehead atoms. The highest BCUT2D eigenvalue weighted by atomic mass is 35.5. The van der Waals surface area contributed by atoms with Crippen LogP contribution in [0.4, 0.5) is 0 Å². The van der Waals surface area contributed by atoms with E-state index < -0.39 is 0 Å². The van der Waals surface area contributed by atoms with Gasteiger partial charge >= 0.3 is 0 Å². The van der Waals surface area contributed by atoms with Crippen molar-refractivity contribution in [2.45, 2.75) is 19.5 Å². The van der Waals surface area contributed by atoms with Crippen molar-refractivity contribution in [3.8, 4) is 11.5 Å². The minimum Gasteiger partial charge on any atom is -0.504 e. The van der Waals surface area contributed by atoms with E-state index in [1.807, 2.05) is 24.3 Å². The second-order valence-electron chi connectivity index (χ2n) is 4.48. The van der Waals surface area contributed by atoms with Crippen LogP contribution in [0.2, 0.25) is 5.02 Å². The number of phenols is 2. The maximum atomic E-state index is 9.42. The van der Waals surface area contributed by atoms with Crippen molar-refractivity contribution in [2.75, 3.05) is 0 Å². The first-order chi connectivity index (χ1) is 9.06. The zero-order valence-electron chi connectivity index (χ0n) is 10.6. The number of rotatable bonds is 4. The third-order valence-electron chi connectivity index (χ3n) is 3.02. The Balaban J connectivity index is 1.98. The summed E-state index contributed by atoms with van der Waals surface area (Å²) in [5.41, 5.74) is 2.06. The third kappa shape index (κ3) is 3.63. The molecule has 0 amide bonds. The highest BCUT2D eigenvalue weighted by molar-refractivity contribution is 6.30. The lowest BCUT2D eigenvalue weighted by atomic mass is 10.1. The van der Waals surface area contributed by atoms with Gasteiger partial charge in [0.15, 0.2) is 11.5 Å². The van der Waals surface area contributed by atoms with E-state index in [9.17, 15) is 10.2 Å². The molecule has 0 spiro atoms. The summed E-state index contributed by atoms with van der Waals surface area (Å²) >= 11 is 5.85. The Labute approximate surface area is 117 Å². The Kier molecular flexibility index (Phi) is 4.30. The molecule has 19 heavy (non-hydrogen) atoms. The molecule has 0 fully saturated rings. The van der Waals surface area contributed by atoms with Gasteiger partial charge in [-0.2, -0.15) is 0 Å². The molecule has 100 valence electrons. The zero-order chi connectivity index (χ0) is 13.8. The van der Waals surface area contributed by atoms with E-state index >= 15 is 0 Å². The molecule has 0 aliphatic heterocycles. The van der Waals surface area contributed by atoms with Crippen molar-refractivity contribution in [2.24, 2.45) is 0 Å². The van der Waals surface area contributed by atoms with Crippen LogP contribution in [-0.2, 0) is 6.54 Å². The van der Waals surface area contributed by atoms with Gasteiger partial charge in [0, 0.05) is 17.6 Å². The smallest absolute Gasteiger partial charge is 0.157 e. The summed E-state index contributed by atoms with van der Waals surface area (Å²) in [5, 5.41) is 22.7. The molecule has 0 radical (unpaired) electrons. The average Bonchev–Trinajstić information content (AvgIpc) is 2.40. The number of benzene rings is 2. The van der Waals surface area contributed by atoms with Crippen LogP contribution in [0.5, 0.6) is 11.5 Å². The quantitative estimate of drug-likeness (QED) is 0.749. The van der Waals surface area contributed by atoms with Crippen molar-refractivity contribution in [1.29, 1.82) is 0 Å². The van der Waals surface area contributed by atoms with E-state index in [2.05, 4.69) is 12.2 Å². The van der Waals surface area contributed by atoms with Crippen molar-refractivity contribution < 1.29 is 10.2 Å². The lowest BCUT2D eigenvalue weighted by Gasteiger charge is -2.14. The normalized spacial score (nSPS) is 12.3. The number of phenolic OH excluding ortho intramolecular Hbond substituents is 2. The molecule has 0 unspecified atom stereocenters. The summed E-state index contributed by atoms with van der Waals surface area (Å²) in [6, 6.07) is 12.7. The number of nitrogens with one attached hydrogen (secondary N) is 1. The number of hydrogen-bond donors (Lipinski definition) is 3. The highest BCUT2D eigenvalue weighted by Gasteiger charge is 2.06. The second kappa shape index (κ2) is 5.95. The number of aromatic hydroxyl groups is 2. The van der Waals surface area contributed by atoms with Gasteiger partial charge < -0.3 is 15.5 Å². The molecule has 2 rings (SSSR count). The molecule has 0 heterocycles. The predicted molar refractivity (Wildman–Crippen MR) is 76.5 cm³/mol. The standard InChI is InChI=1S/C15H16ClNO2/c1-10(12-3-5-13(16)6-4-12)17-9-11-2-7-14(18)15(19)8-11/h2-8,10,17-19H,9H2,1H3/t10-/m0/s1. The topological polar surface area (TPSA) is 52.5 Å². The van der Waals surface area contributed by atoms with Crippen LogP contribution >= 0.6 is 11.6 Å². The Morgan fingerprint density at radius 3 is 2.37 bits per heavy atom. The largest absolute Gasteiger partial charge is 0.504 e.